The SMILES string of the molecule is NC1C(=O)N2C(C(=O)O)=C(C=CCl)CS[C@@H]12. The summed E-state index contributed by atoms with van der Waals surface area (Å²) in [5.74, 6) is -0.988. The van der Waals surface area contributed by atoms with Gasteiger partial charge in [0.2, 0.25) is 5.91 Å². The molecular formula is C9H9ClN2O3S. The van der Waals surface area contributed by atoms with Gasteiger partial charge < -0.3 is 10.8 Å². The summed E-state index contributed by atoms with van der Waals surface area (Å²) < 4.78 is 0. The average Bonchev–Trinajstić information content (AvgIpc) is 2.27. The zero-order valence-corrected chi connectivity index (χ0v) is 9.66. The van der Waals surface area contributed by atoms with Crippen LogP contribution in [0.25, 0.3) is 0 Å². The molecule has 2 aliphatic heterocycles. The number of hydrogen-bond acceptors (Lipinski definition) is 4. The van der Waals surface area contributed by atoms with Gasteiger partial charge in [-0.3, -0.25) is 9.69 Å². The molecule has 3 N–H and O–H groups in total. The Morgan fingerprint density at radius 1 is 1.69 bits per heavy atom. The number of halogens is 1. The van der Waals surface area contributed by atoms with Crippen molar-refractivity contribution in [3.05, 3.63) is 22.9 Å². The highest BCUT2D eigenvalue weighted by molar-refractivity contribution is 8.00. The van der Waals surface area contributed by atoms with Gasteiger partial charge in [-0.2, -0.15) is 0 Å². The normalized spacial score (nSPS) is 29.4. The van der Waals surface area contributed by atoms with Gasteiger partial charge in [0.1, 0.15) is 17.1 Å². The van der Waals surface area contributed by atoms with Gasteiger partial charge >= 0.3 is 5.97 Å². The molecule has 0 spiro atoms. The topological polar surface area (TPSA) is 83.6 Å². The predicted molar refractivity (Wildman–Crippen MR) is 60.7 cm³/mol. The fraction of sp³-hybridized carbons (Fsp3) is 0.333. The molecule has 2 aliphatic rings. The monoisotopic (exact) mass is 260 g/mol. The minimum absolute atomic E-state index is 0.00708. The first-order valence-corrected chi connectivity index (χ1v) is 6.00. The molecule has 1 fully saturated rings. The van der Waals surface area contributed by atoms with Crippen molar-refractivity contribution >= 4 is 35.2 Å². The molecule has 2 heterocycles. The molecule has 1 saturated heterocycles. The molecule has 0 radical (unpaired) electrons. The molecule has 16 heavy (non-hydrogen) atoms. The zero-order valence-electron chi connectivity index (χ0n) is 8.09. The van der Waals surface area contributed by atoms with Crippen LogP contribution < -0.4 is 5.73 Å². The van der Waals surface area contributed by atoms with Crippen molar-refractivity contribution < 1.29 is 14.7 Å². The fourth-order valence-electron chi connectivity index (χ4n) is 1.74. The van der Waals surface area contributed by atoms with Crippen LogP contribution >= 0.6 is 23.4 Å². The number of nitrogens with zero attached hydrogens (tertiary/aromatic N) is 1. The van der Waals surface area contributed by atoms with Crippen molar-refractivity contribution in [1.82, 2.24) is 4.90 Å². The van der Waals surface area contributed by atoms with E-state index in [4.69, 9.17) is 22.4 Å². The number of carbonyl (C=O) groups is 2. The molecule has 0 saturated carbocycles. The van der Waals surface area contributed by atoms with Crippen LogP contribution in [0.5, 0.6) is 0 Å². The fourth-order valence-corrected chi connectivity index (χ4v) is 3.16. The van der Waals surface area contributed by atoms with E-state index in [2.05, 4.69) is 0 Å². The second-order valence-electron chi connectivity index (χ2n) is 3.41. The Bertz CT molecular complexity index is 421. The molecule has 1 amide bonds. The van der Waals surface area contributed by atoms with Crippen LogP contribution in [0.2, 0.25) is 0 Å². The number of rotatable bonds is 2. The smallest absolute Gasteiger partial charge is 0.352 e. The van der Waals surface area contributed by atoms with Crippen LogP contribution in [-0.2, 0) is 9.59 Å². The number of allylic oxidation sites excluding steroid dienone is 1. The predicted octanol–water partition coefficient (Wildman–Crippen LogP) is 0.320. The lowest BCUT2D eigenvalue weighted by atomic mass is 10.0. The Kier molecular flexibility index (Phi) is 2.96. The van der Waals surface area contributed by atoms with E-state index in [1.807, 2.05) is 0 Å². The van der Waals surface area contributed by atoms with E-state index >= 15 is 0 Å². The van der Waals surface area contributed by atoms with E-state index in [0.717, 1.165) is 0 Å². The molecule has 86 valence electrons. The quantitative estimate of drug-likeness (QED) is 0.699. The highest BCUT2D eigenvalue weighted by atomic mass is 35.5. The van der Waals surface area contributed by atoms with Gasteiger partial charge in [-0.15, -0.1) is 11.8 Å². The van der Waals surface area contributed by atoms with Gasteiger partial charge in [0.25, 0.3) is 0 Å². The van der Waals surface area contributed by atoms with Crippen molar-refractivity contribution in [1.29, 1.82) is 0 Å². The number of β-lactam (4-membered cyclic amide) rings is 1. The van der Waals surface area contributed by atoms with E-state index in [1.165, 1.54) is 28.3 Å². The van der Waals surface area contributed by atoms with Crippen LogP contribution in [0.3, 0.4) is 0 Å². The molecule has 0 aromatic rings. The molecule has 2 atom stereocenters. The third kappa shape index (κ3) is 1.53. The molecule has 7 heteroatoms. The Balaban J connectivity index is 2.41. The Morgan fingerprint density at radius 2 is 2.38 bits per heavy atom. The maximum Gasteiger partial charge on any atom is 0.352 e. The number of amides is 1. The van der Waals surface area contributed by atoms with E-state index < -0.39 is 12.0 Å². The summed E-state index contributed by atoms with van der Waals surface area (Å²) in [7, 11) is 0. The number of carboxylic acids is 1. The zero-order chi connectivity index (χ0) is 11.9. The van der Waals surface area contributed by atoms with Gasteiger partial charge in [0.15, 0.2) is 0 Å². The molecule has 2 rings (SSSR count). The standard InChI is InChI=1S/C9H9ClN2O3S/c10-2-1-4-3-16-8-5(11)7(13)12(8)6(4)9(14)15/h1-2,5,8H,3,11H2,(H,14,15)/t5?,8-/m0/s1. The second-order valence-corrected chi connectivity index (χ2v) is 4.76. The third-order valence-electron chi connectivity index (χ3n) is 2.51. The first kappa shape index (κ1) is 11.5. The summed E-state index contributed by atoms with van der Waals surface area (Å²) in [6, 6.07) is -0.596. The third-order valence-corrected chi connectivity index (χ3v) is 3.95. The molecule has 5 nitrogen and oxygen atoms in total. The molecule has 0 aromatic carbocycles. The lowest BCUT2D eigenvalue weighted by molar-refractivity contribution is -0.147. The minimum Gasteiger partial charge on any atom is -0.477 e. The molecule has 1 unspecified atom stereocenters. The van der Waals surface area contributed by atoms with E-state index in [0.29, 0.717) is 11.3 Å². The summed E-state index contributed by atoms with van der Waals surface area (Å²) in [4.78, 5) is 23.8. The first-order chi connectivity index (χ1) is 7.57. The van der Waals surface area contributed by atoms with Crippen molar-refractivity contribution in [3.63, 3.8) is 0 Å². The molecular weight excluding hydrogens is 252 g/mol. The van der Waals surface area contributed by atoms with E-state index in [9.17, 15) is 9.59 Å². The van der Waals surface area contributed by atoms with Crippen LogP contribution in [0.4, 0.5) is 0 Å². The summed E-state index contributed by atoms with van der Waals surface area (Å²) in [5, 5.41) is 8.82. The number of aliphatic carboxylic acids is 1. The molecule has 0 aromatic heterocycles. The molecule has 0 aliphatic carbocycles. The number of carboxylic acid groups (broad SMARTS) is 1. The summed E-state index contributed by atoms with van der Waals surface area (Å²) in [6.45, 7) is 0. The number of nitrogens with two attached hydrogens (primary N) is 1. The highest BCUT2D eigenvalue weighted by Gasteiger charge is 2.51. The van der Waals surface area contributed by atoms with Gasteiger partial charge in [-0.05, 0) is 11.6 Å². The number of carbonyl (C=O) groups excluding carboxylic acids is 1. The van der Waals surface area contributed by atoms with Crippen LogP contribution in [0.15, 0.2) is 22.9 Å². The Hall–Kier alpha value is -0.980. The van der Waals surface area contributed by atoms with Gasteiger partial charge in [0.05, 0.1) is 0 Å². The van der Waals surface area contributed by atoms with Crippen molar-refractivity contribution in [2.24, 2.45) is 5.73 Å². The maximum atomic E-state index is 11.5. The number of hydrogen-bond donors (Lipinski definition) is 2. The second kappa shape index (κ2) is 4.12. The van der Waals surface area contributed by atoms with Gasteiger partial charge in [-0.25, -0.2) is 4.79 Å². The Morgan fingerprint density at radius 3 is 2.94 bits per heavy atom. The van der Waals surface area contributed by atoms with Gasteiger partial charge in [0, 0.05) is 11.3 Å². The lowest BCUT2D eigenvalue weighted by Gasteiger charge is -2.47. The number of thioether (sulfide) groups is 1. The van der Waals surface area contributed by atoms with E-state index in [1.54, 1.807) is 0 Å². The summed E-state index contributed by atoms with van der Waals surface area (Å²) >= 11 is 6.87. The van der Waals surface area contributed by atoms with Crippen LogP contribution in [0, 0.1) is 0 Å². The first-order valence-electron chi connectivity index (χ1n) is 4.51. The maximum absolute atomic E-state index is 11.5. The average molecular weight is 261 g/mol. The van der Waals surface area contributed by atoms with Crippen molar-refractivity contribution in [2.75, 3.05) is 5.75 Å². The van der Waals surface area contributed by atoms with E-state index in [-0.39, 0.29) is 17.0 Å². The lowest BCUT2D eigenvalue weighted by Crippen LogP contribution is -2.68. The van der Waals surface area contributed by atoms with Gasteiger partial charge in [-0.1, -0.05) is 11.6 Å². The summed E-state index contributed by atoms with van der Waals surface area (Å²) in [5.41, 5.74) is 7.35. The highest BCUT2D eigenvalue weighted by Crippen LogP contribution is 2.39. The van der Waals surface area contributed by atoms with Crippen molar-refractivity contribution in [2.45, 2.75) is 11.4 Å². The summed E-state index contributed by atoms with van der Waals surface area (Å²) in [6.07, 6.45) is 1.49. The number of fused-ring (bicyclic) bond motifs is 1. The molecule has 0 bridgehead atoms. The minimum atomic E-state index is -1.13. The van der Waals surface area contributed by atoms with Crippen LogP contribution in [0.1, 0.15) is 0 Å². The van der Waals surface area contributed by atoms with Crippen molar-refractivity contribution in [3.8, 4) is 0 Å². The van der Waals surface area contributed by atoms with Crippen LogP contribution in [-0.4, -0.2) is 39.1 Å². The Labute approximate surface area is 101 Å². The largest absolute Gasteiger partial charge is 0.477 e.